The molecule has 2 aliphatic rings. The Hall–Kier alpha value is -2.74. The molecule has 0 N–H and O–H groups in total. The van der Waals surface area contributed by atoms with Crippen LogP contribution >= 0.6 is 11.6 Å². The summed E-state index contributed by atoms with van der Waals surface area (Å²) in [6, 6.07) is 10.2. The van der Waals surface area contributed by atoms with Crippen molar-refractivity contribution in [3.05, 3.63) is 80.4 Å². The monoisotopic (exact) mass is 456 g/mol. The van der Waals surface area contributed by atoms with Crippen molar-refractivity contribution in [2.24, 2.45) is 0 Å². The van der Waals surface area contributed by atoms with E-state index in [-0.39, 0.29) is 28.2 Å². The normalized spacial score (nSPS) is 19.0. The van der Waals surface area contributed by atoms with Gasteiger partial charge in [0, 0.05) is 31.2 Å². The molecule has 32 heavy (non-hydrogen) atoms. The van der Waals surface area contributed by atoms with Crippen LogP contribution in [0.25, 0.3) is 11.0 Å². The molecule has 166 valence electrons. The lowest BCUT2D eigenvalue weighted by Crippen LogP contribution is -2.38. The third-order valence-electron chi connectivity index (χ3n) is 6.07. The molecule has 2 aliphatic heterocycles. The Morgan fingerprint density at radius 3 is 2.66 bits per heavy atom. The number of hydrogen-bond acceptors (Lipinski definition) is 5. The van der Waals surface area contributed by atoms with Crippen LogP contribution in [0.3, 0.4) is 0 Å². The maximum absolute atomic E-state index is 13.8. The van der Waals surface area contributed by atoms with E-state index in [1.807, 2.05) is 6.07 Å². The number of nitrogens with zero attached hydrogens (tertiary/aromatic N) is 2. The molecule has 5 rings (SSSR count). The highest BCUT2D eigenvalue weighted by Crippen LogP contribution is 2.38. The van der Waals surface area contributed by atoms with E-state index in [9.17, 15) is 14.0 Å². The summed E-state index contributed by atoms with van der Waals surface area (Å²) in [7, 11) is 0. The maximum Gasteiger partial charge on any atom is 0.290 e. The van der Waals surface area contributed by atoms with Crippen LogP contribution in [-0.4, -0.2) is 55.1 Å². The average molecular weight is 457 g/mol. The summed E-state index contributed by atoms with van der Waals surface area (Å²) >= 11 is 6.22. The van der Waals surface area contributed by atoms with Crippen molar-refractivity contribution in [1.29, 1.82) is 0 Å². The van der Waals surface area contributed by atoms with Gasteiger partial charge in [0.15, 0.2) is 5.43 Å². The third kappa shape index (κ3) is 3.81. The second kappa shape index (κ2) is 8.65. The molecule has 0 spiro atoms. The number of ether oxygens (including phenoxy) is 1. The first-order valence-corrected chi connectivity index (χ1v) is 11.0. The van der Waals surface area contributed by atoms with Crippen molar-refractivity contribution in [1.82, 2.24) is 9.80 Å². The molecule has 1 amide bonds. The summed E-state index contributed by atoms with van der Waals surface area (Å²) in [5.41, 5.74) is 0.763. The van der Waals surface area contributed by atoms with Gasteiger partial charge in [-0.05, 0) is 42.3 Å². The minimum absolute atomic E-state index is 0.0189. The summed E-state index contributed by atoms with van der Waals surface area (Å²) in [5, 5.41) is 0.631. The van der Waals surface area contributed by atoms with E-state index in [4.69, 9.17) is 20.8 Å². The van der Waals surface area contributed by atoms with Crippen LogP contribution in [0.4, 0.5) is 4.39 Å². The molecule has 3 aromatic rings. The van der Waals surface area contributed by atoms with Gasteiger partial charge in [0.25, 0.3) is 5.91 Å². The highest BCUT2D eigenvalue weighted by atomic mass is 35.5. The van der Waals surface area contributed by atoms with Gasteiger partial charge < -0.3 is 14.1 Å². The second-order valence-corrected chi connectivity index (χ2v) is 8.51. The van der Waals surface area contributed by atoms with Crippen LogP contribution in [0, 0.1) is 5.82 Å². The van der Waals surface area contributed by atoms with Gasteiger partial charge in [0.05, 0.1) is 30.2 Å². The van der Waals surface area contributed by atoms with Crippen LogP contribution in [0.2, 0.25) is 5.02 Å². The van der Waals surface area contributed by atoms with Crippen LogP contribution in [0.1, 0.15) is 34.1 Å². The summed E-state index contributed by atoms with van der Waals surface area (Å²) in [6.07, 6.45) is 0.735. The standard InChI is InChI=1S/C24H22ClFN2O4/c25-16-4-1-3-15(13-16)21-20-22(29)18-14-17(26)5-6-19(18)32-23(20)24(30)28(21)8-2-7-27-9-11-31-12-10-27/h1,3-6,13-14,21H,2,7-12H2/t21-/m0/s1. The zero-order valence-corrected chi connectivity index (χ0v) is 18.1. The molecule has 3 heterocycles. The van der Waals surface area contributed by atoms with Gasteiger partial charge >= 0.3 is 0 Å². The molecule has 1 aromatic heterocycles. The highest BCUT2D eigenvalue weighted by molar-refractivity contribution is 6.30. The zero-order chi connectivity index (χ0) is 22.2. The van der Waals surface area contributed by atoms with Crippen molar-refractivity contribution >= 4 is 28.5 Å². The van der Waals surface area contributed by atoms with Gasteiger partial charge in [0.2, 0.25) is 5.76 Å². The number of fused-ring (bicyclic) bond motifs is 2. The Morgan fingerprint density at radius 1 is 1.06 bits per heavy atom. The molecule has 2 aromatic carbocycles. The lowest BCUT2D eigenvalue weighted by atomic mass is 9.98. The van der Waals surface area contributed by atoms with E-state index in [1.165, 1.54) is 12.1 Å². The van der Waals surface area contributed by atoms with Gasteiger partial charge in [-0.15, -0.1) is 0 Å². The first kappa shape index (κ1) is 21.1. The highest BCUT2D eigenvalue weighted by Gasteiger charge is 2.42. The predicted octanol–water partition coefficient (Wildman–Crippen LogP) is 3.85. The van der Waals surface area contributed by atoms with Gasteiger partial charge in [0.1, 0.15) is 11.4 Å². The molecule has 0 radical (unpaired) electrons. The predicted molar refractivity (Wildman–Crippen MR) is 119 cm³/mol. The summed E-state index contributed by atoms with van der Waals surface area (Å²) in [5.74, 6) is -0.850. The van der Waals surface area contributed by atoms with E-state index in [0.717, 1.165) is 37.7 Å². The number of halogens is 2. The van der Waals surface area contributed by atoms with E-state index in [0.29, 0.717) is 24.8 Å². The third-order valence-corrected chi connectivity index (χ3v) is 6.30. The molecule has 0 unspecified atom stereocenters. The lowest BCUT2D eigenvalue weighted by Gasteiger charge is -2.29. The molecule has 8 heteroatoms. The fourth-order valence-electron chi connectivity index (χ4n) is 4.54. The largest absolute Gasteiger partial charge is 0.450 e. The number of carbonyl (C=O) groups excluding carboxylic acids is 1. The zero-order valence-electron chi connectivity index (χ0n) is 17.4. The van der Waals surface area contributed by atoms with Crippen molar-refractivity contribution in [2.45, 2.75) is 12.5 Å². The summed E-state index contributed by atoms with van der Waals surface area (Å²) < 4.78 is 25.1. The quantitative estimate of drug-likeness (QED) is 0.583. The average Bonchev–Trinajstić information content (AvgIpc) is 3.07. The van der Waals surface area contributed by atoms with Crippen LogP contribution < -0.4 is 5.43 Å². The molecule has 0 saturated carbocycles. The fraction of sp³-hybridized carbons (Fsp3) is 0.333. The van der Waals surface area contributed by atoms with Crippen LogP contribution in [-0.2, 0) is 4.74 Å². The smallest absolute Gasteiger partial charge is 0.290 e. The van der Waals surface area contributed by atoms with E-state index in [1.54, 1.807) is 23.1 Å². The summed E-state index contributed by atoms with van der Waals surface area (Å²) in [4.78, 5) is 30.7. The number of benzene rings is 2. The second-order valence-electron chi connectivity index (χ2n) is 8.08. The minimum atomic E-state index is -0.634. The molecule has 1 fully saturated rings. The molecule has 1 atom stereocenters. The minimum Gasteiger partial charge on any atom is -0.450 e. The Kier molecular flexibility index (Phi) is 5.71. The van der Waals surface area contributed by atoms with Crippen molar-refractivity contribution in [2.75, 3.05) is 39.4 Å². The van der Waals surface area contributed by atoms with E-state index in [2.05, 4.69) is 4.90 Å². The first-order chi connectivity index (χ1) is 15.5. The Bertz CT molecular complexity index is 1240. The van der Waals surface area contributed by atoms with Gasteiger partial charge in [-0.2, -0.15) is 0 Å². The maximum atomic E-state index is 13.8. The number of hydrogen-bond donors (Lipinski definition) is 0. The van der Waals surface area contributed by atoms with Crippen LogP contribution in [0.15, 0.2) is 51.7 Å². The first-order valence-electron chi connectivity index (χ1n) is 10.7. The lowest BCUT2D eigenvalue weighted by molar-refractivity contribution is 0.0353. The number of morpholine rings is 1. The van der Waals surface area contributed by atoms with Crippen molar-refractivity contribution in [3.8, 4) is 0 Å². The van der Waals surface area contributed by atoms with Gasteiger partial charge in [-0.3, -0.25) is 14.5 Å². The topological polar surface area (TPSA) is 63.0 Å². The van der Waals surface area contributed by atoms with E-state index < -0.39 is 17.3 Å². The Labute approximate surface area is 189 Å². The SMILES string of the molecule is O=C1c2oc3ccc(F)cc3c(=O)c2[C@H](c2cccc(Cl)c2)N1CCCN1CCOCC1. The Morgan fingerprint density at radius 2 is 1.88 bits per heavy atom. The van der Waals surface area contributed by atoms with Gasteiger partial charge in [-0.25, -0.2) is 4.39 Å². The fourth-order valence-corrected chi connectivity index (χ4v) is 4.73. The molecular weight excluding hydrogens is 435 g/mol. The number of carbonyl (C=O) groups is 1. The van der Waals surface area contributed by atoms with Crippen LogP contribution in [0.5, 0.6) is 0 Å². The summed E-state index contributed by atoms with van der Waals surface area (Å²) in [6.45, 7) is 4.41. The molecule has 0 bridgehead atoms. The van der Waals surface area contributed by atoms with E-state index >= 15 is 0 Å². The van der Waals surface area contributed by atoms with Gasteiger partial charge in [-0.1, -0.05) is 23.7 Å². The molecule has 0 aliphatic carbocycles. The molecular formula is C24H22ClFN2O4. The Balaban J connectivity index is 1.54. The van der Waals surface area contributed by atoms with Crippen molar-refractivity contribution < 1.29 is 18.3 Å². The number of rotatable bonds is 5. The van der Waals surface area contributed by atoms with Crippen molar-refractivity contribution in [3.63, 3.8) is 0 Å². The molecule has 6 nitrogen and oxygen atoms in total. The number of amides is 1. The molecule has 1 saturated heterocycles.